The van der Waals surface area contributed by atoms with Crippen LogP contribution in [0.15, 0.2) is 24.3 Å². The molecule has 0 bridgehead atoms. The minimum atomic E-state index is -0.722. The summed E-state index contributed by atoms with van der Waals surface area (Å²) >= 11 is 5.95. The molecule has 1 unspecified atom stereocenters. The molecule has 1 aromatic carbocycles. The van der Waals surface area contributed by atoms with Crippen LogP contribution in [0.4, 0.5) is 5.69 Å². The quantitative estimate of drug-likeness (QED) is 0.812. The van der Waals surface area contributed by atoms with Gasteiger partial charge >= 0.3 is 0 Å². The lowest BCUT2D eigenvalue weighted by molar-refractivity contribution is 0.424. The first kappa shape index (κ1) is 11.3. The van der Waals surface area contributed by atoms with Crippen LogP contribution in [0.3, 0.4) is 0 Å². The minimum absolute atomic E-state index is 0.573. The standard InChI is InChI=1S/C12H14ClN3/c13-10-3-1-4-11(7-10)16-6-2-5-12(15,8-14)9-16/h1,3-4,7H,2,5-6,9,15H2. The number of nitrogens with zero attached hydrogens (tertiary/aromatic N) is 2. The number of anilines is 1. The Balaban J connectivity index is 2.20. The molecule has 2 rings (SSSR count). The fraction of sp³-hybridized carbons (Fsp3) is 0.417. The number of halogens is 1. The maximum absolute atomic E-state index is 9.04. The molecule has 0 spiro atoms. The van der Waals surface area contributed by atoms with Gasteiger partial charge in [-0.2, -0.15) is 5.26 Å². The van der Waals surface area contributed by atoms with E-state index < -0.39 is 5.54 Å². The predicted octanol–water partition coefficient (Wildman–Crippen LogP) is 2.16. The Bertz CT molecular complexity index is 427. The molecule has 16 heavy (non-hydrogen) atoms. The Hall–Kier alpha value is -1.24. The molecule has 1 atom stereocenters. The average molecular weight is 236 g/mol. The monoisotopic (exact) mass is 235 g/mol. The van der Waals surface area contributed by atoms with E-state index in [9.17, 15) is 0 Å². The Kier molecular flexibility index (Phi) is 3.04. The van der Waals surface area contributed by atoms with Gasteiger partial charge in [-0.15, -0.1) is 0 Å². The summed E-state index contributed by atoms with van der Waals surface area (Å²) in [7, 11) is 0. The first-order valence-corrected chi connectivity index (χ1v) is 5.71. The van der Waals surface area contributed by atoms with E-state index in [0.29, 0.717) is 11.6 Å². The van der Waals surface area contributed by atoms with Crippen LogP contribution in [0.25, 0.3) is 0 Å². The smallest absolute Gasteiger partial charge is 0.121 e. The van der Waals surface area contributed by atoms with Crippen LogP contribution >= 0.6 is 11.6 Å². The Morgan fingerprint density at radius 3 is 3.00 bits per heavy atom. The van der Waals surface area contributed by atoms with Crippen LogP contribution < -0.4 is 10.6 Å². The largest absolute Gasteiger partial charge is 0.369 e. The molecule has 3 nitrogen and oxygen atoms in total. The van der Waals surface area contributed by atoms with Gasteiger partial charge in [0.25, 0.3) is 0 Å². The summed E-state index contributed by atoms with van der Waals surface area (Å²) in [6.45, 7) is 1.50. The van der Waals surface area contributed by atoms with Gasteiger partial charge in [0.1, 0.15) is 5.54 Å². The molecule has 0 amide bonds. The van der Waals surface area contributed by atoms with Crippen molar-refractivity contribution in [2.45, 2.75) is 18.4 Å². The molecule has 4 heteroatoms. The van der Waals surface area contributed by atoms with Crippen LogP contribution in [-0.2, 0) is 0 Å². The number of hydrogen-bond acceptors (Lipinski definition) is 3. The van der Waals surface area contributed by atoms with Gasteiger partial charge in [0, 0.05) is 23.8 Å². The Morgan fingerprint density at radius 2 is 2.31 bits per heavy atom. The molecule has 0 aromatic heterocycles. The fourth-order valence-electron chi connectivity index (χ4n) is 2.07. The predicted molar refractivity (Wildman–Crippen MR) is 65.4 cm³/mol. The second-order valence-corrected chi connectivity index (χ2v) is 4.71. The highest BCUT2D eigenvalue weighted by Crippen LogP contribution is 2.26. The van der Waals surface area contributed by atoms with E-state index in [1.165, 1.54) is 0 Å². The zero-order chi connectivity index (χ0) is 11.6. The molecule has 2 N–H and O–H groups in total. The third kappa shape index (κ3) is 2.29. The van der Waals surface area contributed by atoms with E-state index in [4.69, 9.17) is 22.6 Å². The van der Waals surface area contributed by atoms with Crippen LogP contribution in [-0.4, -0.2) is 18.6 Å². The van der Waals surface area contributed by atoms with Gasteiger partial charge in [-0.05, 0) is 31.0 Å². The van der Waals surface area contributed by atoms with Gasteiger partial charge in [-0.25, -0.2) is 0 Å². The summed E-state index contributed by atoms with van der Waals surface area (Å²) in [6, 6.07) is 9.86. The van der Waals surface area contributed by atoms with Crippen LogP contribution in [0.2, 0.25) is 5.02 Å². The van der Waals surface area contributed by atoms with E-state index in [-0.39, 0.29) is 0 Å². The van der Waals surface area contributed by atoms with Crippen molar-refractivity contribution in [2.24, 2.45) is 5.73 Å². The molecule has 1 aromatic rings. The summed E-state index contributed by atoms with van der Waals surface area (Å²) in [4.78, 5) is 2.12. The van der Waals surface area contributed by atoms with Crippen LogP contribution in [0, 0.1) is 11.3 Å². The number of nitrogens with two attached hydrogens (primary N) is 1. The summed E-state index contributed by atoms with van der Waals surface area (Å²) in [5.41, 5.74) is 6.31. The fourth-order valence-corrected chi connectivity index (χ4v) is 2.25. The van der Waals surface area contributed by atoms with E-state index in [0.717, 1.165) is 25.1 Å². The summed E-state index contributed by atoms with van der Waals surface area (Å²) in [6.07, 6.45) is 1.71. The molecule has 1 saturated heterocycles. The van der Waals surface area contributed by atoms with Crippen molar-refractivity contribution in [3.63, 3.8) is 0 Å². The zero-order valence-electron chi connectivity index (χ0n) is 8.99. The molecule has 1 aliphatic heterocycles. The highest BCUT2D eigenvalue weighted by Gasteiger charge is 2.31. The highest BCUT2D eigenvalue weighted by atomic mass is 35.5. The SMILES string of the molecule is N#CC1(N)CCCN(c2cccc(Cl)c2)C1. The van der Waals surface area contributed by atoms with E-state index in [2.05, 4.69) is 11.0 Å². The molecule has 0 saturated carbocycles. The van der Waals surface area contributed by atoms with Crippen molar-refractivity contribution in [1.82, 2.24) is 0 Å². The molecule has 84 valence electrons. The highest BCUT2D eigenvalue weighted by molar-refractivity contribution is 6.30. The number of rotatable bonds is 1. The molecule has 1 fully saturated rings. The second-order valence-electron chi connectivity index (χ2n) is 4.27. The van der Waals surface area contributed by atoms with Crippen molar-refractivity contribution in [2.75, 3.05) is 18.0 Å². The maximum Gasteiger partial charge on any atom is 0.121 e. The second kappa shape index (κ2) is 4.32. The lowest BCUT2D eigenvalue weighted by atomic mass is 9.91. The van der Waals surface area contributed by atoms with Gasteiger partial charge in [-0.3, -0.25) is 0 Å². The first-order valence-electron chi connectivity index (χ1n) is 5.34. The normalized spacial score (nSPS) is 25.2. The molecule has 0 radical (unpaired) electrons. The number of piperidine rings is 1. The van der Waals surface area contributed by atoms with Gasteiger partial charge in [0.2, 0.25) is 0 Å². The van der Waals surface area contributed by atoms with E-state index >= 15 is 0 Å². The minimum Gasteiger partial charge on any atom is -0.369 e. The van der Waals surface area contributed by atoms with Crippen molar-refractivity contribution >= 4 is 17.3 Å². The van der Waals surface area contributed by atoms with Crippen LogP contribution in [0.5, 0.6) is 0 Å². The topological polar surface area (TPSA) is 53.1 Å². The van der Waals surface area contributed by atoms with E-state index in [1.807, 2.05) is 24.3 Å². The number of benzene rings is 1. The number of hydrogen-bond donors (Lipinski definition) is 1. The summed E-state index contributed by atoms with van der Waals surface area (Å²) in [5, 5.41) is 9.75. The van der Waals surface area contributed by atoms with Gasteiger partial charge < -0.3 is 10.6 Å². The van der Waals surface area contributed by atoms with Crippen LogP contribution in [0.1, 0.15) is 12.8 Å². The molecule has 1 aliphatic rings. The maximum atomic E-state index is 9.04. The molecular formula is C12H14ClN3. The van der Waals surface area contributed by atoms with Gasteiger partial charge in [-0.1, -0.05) is 17.7 Å². The molecule has 0 aliphatic carbocycles. The lowest BCUT2D eigenvalue weighted by Crippen LogP contribution is -2.53. The lowest BCUT2D eigenvalue weighted by Gasteiger charge is -2.37. The van der Waals surface area contributed by atoms with Crippen molar-refractivity contribution < 1.29 is 0 Å². The average Bonchev–Trinajstić information content (AvgIpc) is 2.29. The van der Waals surface area contributed by atoms with Crippen molar-refractivity contribution in [3.8, 4) is 6.07 Å². The van der Waals surface area contributed by atoms with E-state index in [1.54, 1.807) is 0 Å². The van der Waals surface area contributed by atoms with Crippen molar-refractivity contribution in [3.05, 3.63) is 29.3 Å². The third-order valence-corrected chi connectivity index (χ3v) is 3.16. The Morgan fingerprint density at radius 1 is 1.50 bits per heavy atom. The summed E-state index contributed by atoms with van der Waals surface area (Å²) < 4.78 is 0. The van der Waals surface area contributed by atoms with Gasteiger partial charge in [0.15, 0.2) is 0 Å². The van der Waals surface area contributed by atoms with Crippen molar-refractivity contribution in [1.29, 1.82) is 5.26 Å². The first-order chi connectivity index (χ1) is 7.63. The number of nitriles is 1. The molecule has 1 heterocycles. The Labute approximate surface area is 100 Å². The molecular weight excluding hydrogens is 222 g/mol. The summed E-state index contributed by atoms with van der Waals surface area (Å²) in [5.74, 6) is 0. The third-order valence-electron chi connectivity index (χ3n) is 2.92. The zero-order valence-corrected chi connectivity index (χ0v) is 9.74. The van der Waals surface area contributed by atoms with Gasteiger partial charge in [0.05, 0.1) is 6.07 Å².